The summed E-state index contributed by atoms with van der Waals surface area (Å²) in [5.41, 5.74) is 1.21. The molecule has 11 nitrogen and oxygen atoms in total. The summed E-state index contributed by atoms with van der Waals surface area (Å²) in [5, 5.41) is 13.9. The second-order valence-corrected chi connectivity index (χ2v) is 10.1. The number of tetrazole rings is 1. The molecule has 0 radical (unpaired) electrons. The normalized spacial score (nSPS) is 19.7. The number of pyridine rings is 1. The third kappa shape index (κ3) is 4.17. The van der Waals surface area contributed by atoms with Crippen LogP contribution in [0.2, 0.25) is 0 Å². The molecular weight excluding hydrogens is 474 g/mol. The summed E-state index contributed by atoms with van der Waals surface area (Å²) >= 11 is 0. The number of hydrogen-bond acceptors (Lipinski definition) is 9. The molecule has 1 saturated heterocycles. The van der Waals surface area contributed by atoms with Crippen molar-refractivity contribution in [2.75, 3.05) is 33.0 Å². The smallest absolute Gasteiger partial charge is 0.253 e. The fourth-order valence-corrected chi connectivity index (χ4v) is 5.91. The summed E-state index contributed by atoms with van der Waals surface area (Å²) in [6.07, 6.45) is 6.16. The minimum Gasteiger partial charge on any atom is -0.468 e. The first kappa shape index (κ1) is 22.5. The number of furan rings is 1. The second kappa shape index (κ2) is 9.31. The first-order valence-corrected chi connectivity index (χ1v) is 13.0. The molecule has 3 aliphatic rings. The van der Waals surface area contributed by atoms with E-state index in [1.165, 1.54) is 12.8 Å². The van der Waals surface area contributed by atoms with Crippen LogP contribution in [0.5, 0.6) is 11.5 Å². The number of hydrogen-bond donors (Lipinski definition) is 1. The quantitative estimate of drug-likeness (QED) is 0.424. The number of fused-ring (bicyclic) bond motifs is 2. The fourth-order valence-electron chi connectivity index (χ4n) is 5.91. The highest BCUT2D eigenvalue weighted by atomic mass is 16.7. The van der Waals surface area contributed by atoms with Crippen molar-refractivity contribution in [2.45, 2.75) is 44.3 Å². The van der Waals surface area contributed by atoms with Crippen LogP contribution in [0, 0.1) is 0 Å². The van der Waals surface area contributed by atoms with Crippen LogP contribution in [-0.2, 0) is 6.54 Å². The van der Waals surface area contributed by atoms with Crippen LogP contribution < -0.4 is 15.0 Å². The number of nitrogens with one attached hydrogen (secondary N) is 1. The van der Waals surface area contributed by atoms with Crippen molar-refractivity contribution in [1.29, 1.82) is 0 Å². The third-order valence-corrected chi connectivity index (χ3v) is 7.83. The molecule has 1 aliphatic carbocycles. The predicted octanol–water partition coefficient (Wildman–Crippen LogP) is 2.86. The van der Waals surface area contributed by atoms with Gasteiger partial charge in [0, 0.05) is 43.2 Å². The van der Waals surface area contributed by atoms with E-state index in [4.69, 9.17) is 13.9 Å². The minimum atomic E-state index is -0.361. The molecule has 7 rings (SSSR count). The Labute approximate surface area is 212 Å². The van der Waals surface area contributed by atoms with Crippen LogP contribution in [0.15, 0.2) is 45.8 Å². The van der Waals surface area contributed by atoms with Crippen LogP contribution in [0.4, 0.5) is 0 Å². The average molecular weight is 504 g/mol. The van der Waals surface area contributed by atoms with Crippen LogP contribution in [0.1, 0.15) is 54.9 Å². The molecule has 2 aliphatic heterocycles. The van der Waals surface area contributed by atoms with Gasteiger partial charge in [-0.25, -0.2) is 4.68 Å². The topological polar surface area (TPSA) is 115 Å². The van der Waals surface area contributed by atoms with Crippen molar-refractivity contribution in [3.8, 4) is 11.5 Å². The molecule has 37 heavy (non-hydrogen) atoms. The number of ether oxygens (including phenoxy) is 2. The van der Waals surface area contributed by atoms with E-state index in [1.807, 2.05) is 35.0 Å². The molecule has 1 aromatic carbocycles. The lowest BCUT2D eigenvalue weighted by Crippen LogP contribution is -2.48. The highest BCUT2D eigenvalue weighted by Crippen LogP contribution is 2.37. The molecule has 0 spiro atoms. The Morgan fingerprint density at radius 2 is 1.86 bits per heavy atom. The molecule has 0 amide bonds. The molecule has 3 aromatic heterocycles. The molecule has 1 N–H and O–H groups in total. The number of rotatable bonds is 6. The number of H-pyrrole nitrogens is 1. The van der Waals surface area contributed by atoms with Gasteiger partial charge in [0.25, 0.3) is 5.56 Å². The maximum Gasteiger partial charge on any atom is 0.253 e. The molecule has 5 heterocycles. The van der Waals surface area contributed by atoms with Gasteiger partial charge >= 0.3 is 0 Å². The molecule has 11 heteroatoms. The average Bonchev–Trinajstić information content (AvgIpc) is 3.72. The zero-order valence-corrected chi connectivity index (χ0v) is 20.5. The lowest BCUT2D eigenvalue weighted by Gasteiger charge is -2.38. The van der Waals surface area contributed by atoms with E-state index in [9.17, 15) is 4.79 Å². The molecule has 1 saturated carbocycles. The molecule has 0 bridgehead atoms. The first-order chi connectivity index (χ1) is 18.2. The number of benzene rings is 1. The maximum absolute atomic E-state index is 13.6. The lowest BCUT2D eigenvalue weighted by molar-refractivity contribution is 0.0943. The van der Waals surface area contributed by atoms with E-state index < -0.39 is 0 Å². The van der Waals surface area contributed by atoms with Crippen LogP contribution >= 0.6 is 0 Å². The van der Waals surface area contributed by atoms with Gasteiger partial charge in [-0.05, 0) is 47.5 Å². The summed E-state index contributed by atoms with van der Waals surface area (Å²) in [6, 6.07) is 9.54. The zero-order valence-electron chi connectivity index (χ0n) is 20.5. The van der Waals surface area contributed by atoms with E-state index in [2.05, 4.69) is 30.3 Å². The summed E-state index contributed by atoms with van der Waals surface area (Å²) < 4.78 is 18.6. The van der Waals surface area contributed by atoms with Crippen molar-refractivity contribution in [3.63, 3.8) is 0 Å². The second-order valence-electron chi connectivity index (χ2n) is 10.1. The summed E-state index contributed by atoms with van der Waals surface area (Å²) in [7, 11) is 0. The summed E-state index contributed by atoms with van der Waals surface area (Å²) in [6.45, 7) is 4.22. The minimum absolute atomic E-state index is 0.143. The van der Waals surface area contributed by atoms with Gasteiger partial charge in [-0.2, -0.15) is 0 Å². The SMILES string of the molecule is O=c1[nH]c2cc3c(cc2cc1C(c1nnnn1C1CCCC1)N1CCN(Cc2ccco2)CC1)OCO3. The van der Waals surface area contributed by atoms with Gasteiger partial charge in [-0.1, -0.05) is 12.8 Å². The van der Waals surface area contributed by atoms with E-state index in [1.54, 1.807) is 6.26 Å². The van der Waals surface area contributed by atoms with Gasteiger partial charge in [0.2, 0.25) is 6.79 Å². The van der Waals surface area contributed by atoms with Gasteiger partial charge in [0.1, 0.15) is 11.8 Å². The van der Waals surface area contributed by atoms with E-state index in [0.717, 1.165) is 68.1 Å². The fraction of sp³-hybridized carbons (Fsp3) is 0.462. The first-order valence-electron chi connectivity index (χ1n) is 13.0. The Hall–Kier alpha value is -3.70. The Morgan fingerprint density at radius 3 is 2.65 bits per heavy atom. The molecule has 2 fully saturated rings. The highest BCUT2D eigenvalue weighted by molar-refractivity contribution is 5.83. The summed E-state index contributed by atoms with van der Waals surface area (Å²) in [4.78, 5) is 21.3. The van der Waals surface area contributed by atoms with Gasteiger partial charge in [0.15, 0.2) is 17.3 Å². The van der Waals surface area contributed by atoms with Gasteiger partial charge in [-0.15, -0.1) is 5.10 Å². The largest absolute Gasteiger partial charge is 0.468 e. The number of aromatic amines is 1. The Balaban J connectivity index is 1.26. The lowest BCUT2D eigenvalue weighted by atomic mass is 10.0. The van der Waals surface area contributed by atoms with Crippen LogP contribution in [0.25, 0.3) is 10.9 Å². The predicted molar refractivity (Wildman–Crippen MR) is 133 cm³/mol. The van der Waals surface area contributed by atoms with Crippen molar-refractivity contribution >= 4 is 10.9 Å². The van der Waals surface area contributed by atoms with Gasteiger partial charge in [0.05, 0.1) is 24.4 Å². The van der Waals surface area contributed by atoms with E-state index in [-0.39, 0.29) is 24.4 Å². The number of aromatic nitrogens is 5. The standard InChI is InChI=1S/C26H29N7O4/c34-26-20(12-17-13-22-23(37-16-36-22)14-21(17)27-26)24(25-28-29-30-33(25)18-4-1-2-5-18)32-9-7-31(8-10-32)15-19-6-3-11-35-19/h3,6,11-14,18,24H,1-2,4-5,7-10,15-16H2,(H,27,34). The van der Waals surface area contributed by atoms with Crippen molar-refractivity contribution in [1.82, 2.24) is 35.0 Å². The molecule has 192 valence electrons. The number of nitrogens with zero attached hydrogens (tertiary/aromatic N) is 6. The Kier molecular flexibility index (Phi) is 5.66. The molecule has 1 unspecified atom stereocenters. The van der Waals surface area contributed by atoms with Crippen molar-refractivity contribution in [3.05, 3.63) is 64.1 Å². The van der Waals surface area contributed by atoms with E-state index in [0.29, 0.717) is 17.1 Å². The number of piperazine rings is 1. The van der Waals surface area contributed by atoms with E-state index >= 15 is 0 Å². The van der Waals surface area contributed by atoms with Gasteiger partial charge < -0.3 is 18.9 Å². The van der Waals surface area contributed by atoms with Crippen LogP contribution in [-0.4, -0.2) is 68.0 Å². The maximum atomic E-state index is 13.6. The monoisotopic (exact) mass is 503 g/mol. The highest BCUT2D eigenvalue weighted by Gasteiger charge is 2.35. The summed E-state index contributed by atoms with van der Waals surface area (Å²) in [5.74, 6) is 3.02. The van der Waals surface area contributed by atoms with Crippen LogP contribution in [0.3, 0.4) is 0 Å². The van der Waals surface area contributed by atoms with Gasteiger partial charge in [-0.3, -0.25) is 14.6 Å². The molecule has 1 atom stereocenters. The third-order valence-electron chi connectivity index (χ3n) is 7.83. The van der Waals surface area contributed by atoms with Crippen molar-refractivity contribution < 1.29 is 13.9 Å². The van der Waals surface area contributed by atoms with Crippen molar-refractivity contribution in [2.24, 2.45) is 0 Å². The molecular formula is C26H29N7O4. The Bertz CT molecular complexity index is 1450. The molecule has 4 aromatic rings. The zero-order chi connectivity index (χ0) is 24.8. The Morgan fingerprint density at radius 1 is 1.05 bits per heavy atom.